The van der Waals surface area contributed by atoms with Gasteiger partial charge in [0.25, 0.3) is 0 Å². The minimum Gasteiger partial charge on any atom is -0.378 e. The highest BCUT2D eigenvalue weighted by Crippen LogP contribution is 2.22. The molecule has 0 aromatic carbocycles. The molecule has 128 valence electrons. The second-order valence-corrected chi connectivity index (χ2v) is 5.86. The Hall–Kier alpha value is -2.21. The lowest BCUT2D eigenvalue weighted by atomic mass is 10.1. The van der Waals surface area contributed by atoms with Crippen molar-refractivity contribution in [3.8, 4) is 0 Å². The molecule has 1 aliphatic rings. The average Bonchev–Trinajstić information content (AvgIpc) is 2.67. The van der Waals surface area contributed by atoms with Gasteiger partial charge >= 0.3 is 0 Å². The Labute approximate surface area is 143 Å². The van der Waals surface area contributed by atoms with Gasteiger partial charge in [0.1, 0.15) is 5.82 Å². The van der Waals surface area contributed by atoms with Crippen LogP contribution in [0.2, 0.25) is 0 Å². The zero-order valence-electron chi connectivity index (χ0n) is 14.4. The van der Waals surface area contributed by atoms with Crippen LogP contribution in [0, 0.1) is 0 Å². The molecule has 0 spiro atoms. The number of anilines is 2. The van der Waals surface area contributed by atoms with E-state index in [0.717, 1.165) is 62.3 Å². The van der Waals surface area contributed by atoms with Crippen LogP contribution < -0.4 is 10.2 Å². The summed E-state index contributed by atoms with van der Waals surface area (Å²) in [5, 5.41) is 3.53. The van der Waals surface area contributed by atoms with E-state index in [9.17, 15) is 0 Å². The van der Waals surface area contributed by atoms with Gasteiger partial charge in [0, 0.05) is 31.0 Å². The number of aryl methyl sites for hydroxylation is 1. The summed E-state index contributed by atoms with van der Waals surface area (Å²) in [6, 6.07) is 8.18. The molecule has 24 heavy (non-hydrogen) atoms. The number of pyridine rings is 1. The zero-order valence-corrected chi connectivity index (χ0v) is 14.4. The van der Waals surface area contributed by atoms with Crippen molar-refractivity contribution in [1.29, 1.82) is 0 Å². The summed E-state index contributed by atoms with van der Waals surface area (Å²) >= 11 is 0. The molecule has 1 atom stereocenters. The van der Waals surface area contributed by atoms with Crippen molar-refractivity contribution in [2.24, 2.45) is 0 Å². The molecule has 3 rings (SSSR count). The van der Waals surface area contributed by atoms with Gasteiger partial charge in [-0.3, -0.25) is 4.98 Å². The molecule has 1 unspecified atom stereocenters. The normalized spacial score (nSPS) is 16.0. The molecule has 0 saturated carbocycles. The van der Waals surface area contributed by atoms with Gasteiger partial charge in [-0.1, -0.05) is 19.9 Å². The molecule has 0 radical (unpaired) electrons. The van der Waals surface area contributed by atoms with E-state index < -0.39 is 0 Å². The number of aromatic nitrogens is 3. The molecule has 2 aromatic rings. The number of hydrogen-bond acceptors (Lipinski definition) is 6. The summed E-state index contributed by atoms with van der Waals surface area (Å²) in [4.78, 5) is 16.1. The highest BCUT2D eigenvalue weighted by molar-refractivity contribution is 5.45. The SMILES string of the molecule is CCc1cc(NC(CC)c2ccccn2)nc(N2CCOCC2)n1. The smallest absolute Gasteiger partial charge is 0.227 e. The van der Waals surface area contributed by atoms with Crippen molar-refractivity contribution < 1.29 is 4.74 Å². The van der Waals surface area contributed by atoms with Gasteiger partial charge in [-0.2, -0.15) is 4.98 Å². The monoisotopic (exact) mass is 327 g/mol. The zero-order chi connectivity index (χ0) is 16.8. The first kappa shape index (κ1) is 16.6. The third kappa shape index (κ3) is 4.00. The molecule has 6 nitrogen and oxygen atoms in total. The van der Waals surface area contributed by atoms with E-state index in [2.05, 4.69) is 34.0 Å². The summed E-state index contributed by atoms with van der Waals surface area (Å²) < 4.78 is 5.43. The fourth-order valence-corrected chi connectivity index (χ4v) is 2.79. The average molecular weight is 327 g/mol. The van der Waals surface area contributed by atoms with Crippen LogP contribution >= 0.6 is 0 Å². The number of nitrogens with zero attached hydrogens (tertiary/aromatic N) is 4. The minimum atomic E-state index is 0.142. The van der Waals surface area contributed by atoms with Gasteiger partial charge in [0.2, 0.25) is 5.95 Å². The number of nitrogens with one attached hydrogen (secondary N) is 1. The maximum atomic E-state index is 5.43. The van der Waals surface area contributed by atoms with Gasteiger partial charge in [-0.05, 0) is 25.0 Å². The van der Waals surface area contributed by atoms with Crippen molar-refractivity contribution in [2.75, 3.05) is 36.5 Å². The number of morpholine rings is 1. The van der Waals surface area contributed by atoms with E-state index in [1.807, 2.05) is 30.5 Å². The van der Waals surface area contributed by atoms with Crippen molar-refractivity contribution in [3.63, 3.8) is 0 Å². The number of rotatable bonds is 6. The summed E-state index contributed by atoms with van der Waals surface area (Å²) in [6.07, 6.45) is 3.65. The van der Waals surface area contributed by atoms with Crippen molar-refractivity contribution in [2.45, 2.75) is 32.7 Å². The quantitative estimate of drug-likeness (QED) is 0.880. The first-order valence-electron chi connectivity index (χ1n) is 8.68. The Balaban J connectivity index is 1.83. The maximum Gasteiger partial charge on any atom is 0.227 e. The third-order valence-electron chi connectivity index (χ3n) is 4.20. The van der Waals surface area contributed by atoms with Gasteiger partial charge < -0.3 is 15.0 Å². The third-order valence-corrected chi connectivity index (χ3v) is 4.20. The molecule has 0 amide bonds. The summed E-state index contributed by atoms with van der Waals surface area (Å²) in [5.41, 5.74) is 2.08. The van der Waals surface area contributed by atoms with Gasteiger partial charge in [0.15, 0.2) is 0 Å². The topological polar surface area (TPSA) is 63.2 Å². The predicted molar refractivity (Wildman–Crippen MR) is 95.3 cm³/mol. The predicted octanol–water partition coefficient (Wildman–Crippen LogP) is 2.83. The molecule has 1 aliphatic heterocycles. The molecule has 0 aliphatic carbocycles. The van der Waals surface area contributed by atoms with Crippen LogP contribution in [0.25, 0.3) is 0 Å². The second kappa shape index (κ2) is 8.06. The van der Waals surface area contributed by atoms with Gasteiger partial charge in [-0.15, -0.1) is 0 Å². The van der Waals surface area contributed by atoms with E-state index in [0.29, 0.717) is 0 Å². The van der Waals surface area contributed by atoms with Crippen molar-refractivity contribution in [1.82, 2.24) is 15.0 Å². The Kier molecular flexibility index (Phi) is 5.59. The lowest BCUT2D eigenvalue weighted by Crippen LogP contribution is -2.37. The van der Waals surface area contributed by atoms with Crippen molar-refractivity contribution in [3.05, 3.63) is 41.9 Å². The summed E-state index contributed by atoms with van der Waals surface area (Å²) in [7, 11) is 0. The maximum absolute atomic E-state index is 5.43. The summed E-state index contributed by atoms with van der Waals surface area (Å²) in [6.45, 7) is 7.40. The highest BCUT2D eigenvalue weighted by atomic mass is 16.5. The Bertz CT molecular complexity index is 643. The Morgan fingerprint density at radius 1 is 1.21 bits per heavy atom. The van der Waals surface area contributed by atoms with Crippen LogP contribution in [0.15, 0.2) is 30.5 Å². The standard InChI is InChI=1S/C18H25N5O/c1-3-14-13-17(21-15(4-2)16-7-5-6-8-19-16)22-18(20-14)23-9-11-24-12-10-23/h5-8,13,15H,3-4,9-12H2,1-2H3,(H,20,21,22). The Morgan fingerprint density at radius 3 is 2.71 bits per heavy atom. The van der Waals surface area contributed by atoms with Crippen LogP contribution in [0.1, 0.15) is 37.7 Å². The van der Waals surface area contributed by atoms with Crippen LogP contribution in [0.5, 0.6) is 0 Å². The van der Waals surface area contributed by atoms with E-state index in [1.54, 1.807) is 0 Å². The second-order valence-electron chi connectivity index (χ2n) is 5.86. The lowest BCUT2D eigenvalue weighted by molar-refractivity contribution is 0.122. The lowest BCUT2D eigenvalue weighted by Gasteiger charge is -2.27. The fourth-order valence-electron chi connectivity index (χ4n) is 2.79. The van der Waals surface area contributed by atoms with Gasteiger partial charge in [0.05, 0.1) is 24.9 Å². The number of ether oxygens (including phenoxy) is 1. The Morgan fingerprint density at radius 2 is 2.04 bits per heavy atom. The molecular formula is C18H25N5O. The fraction of sp³-hybridized carbons (Fsp3) is 0.500. The van der Waals surface area contributed by atoms with Crippen LogP contribution in [-0.4, -0.2) is 41.3 Å². The van der Waals surface area contributed by atoms with E-state index in [1.165, 1.54) is 0 Å². The molecule has 2 aromatic heterocycles. The molecule has 3 heterocycles. The van der Waals surface area contributed by atoms with E-state index in [4.69, 9.17) is 9.72 Å². The van der Waals surface area contributed by atoms with E-state index >= 15 is 0 Å². The largest absolute Gasteiger partial charge is 0.378 e. The van der Waals surface area contributed by atoms with Crippen LogP contribution in [0.3, 0.4) is 0 Å². The van der Waals surface area contributed by atoms with Crippen LogP contribution in [0.4, 0.5) is 11.8 Å². The van der Waals surface area contributed by atoms with E-state index in [-0.39, 0.29) is 6.04 Å². The number of hydrogen-bond donors (Lipinski definition) is 1. The first-order valence-corrected chi connectivity index (χ1v) is 8.68. The molecule has 1 N–H and O–H groups in total. The van der Waals surface area contributed by atoms with Crippen LogP contribution in [-0.2, 0) is 11.2 Å². The highest BCUT2D eigenvalue weighted by Gasteiger charge is 2.17. The minimum absolute atomic E-state index is 0.142. The van der Waals surface area contributed by atoms with Crippen molar-refractivity contribution >= 4 is 11.8 Å². The molecule has 1 fully saturated rings. The first-order chi connectivity index (χ1) is 11.8. The molecule has 1 saturated heterocycles. The molecule has 6 heteroatoms. The summed E-state index contributed by atoms with van der Waals surface area (Å²) in [5.74, 6) is 1.65. The van der Waals surface area contributed by atoms with Gasteiger partial charge in [-0.25, -0.2) is 4.98 Å². The molecular weight excluding hydrogens is 302 g/mol. The molecule has 0 bridgehead atoms.